The fourth-order valence-electron chi connectivity index (χ4n) is 0.886. The van der Waals surface area contributed by atoms with Crippen LogP contribution in [0, 0.1) is 0 Å². The molecule has 0 aliphatic carbocycles. The molecule has 1 heterocycles. The predicted octanol–water partition coefficient (Wildman–Crippen LogP) is -0.989. The van der Waals surface area contributed by atoms with Crippen molar-refractivity contribution < 1.29 is 14.1 Å². The lowest BCUT2D eigenvalue weighted by Crippen LogP contribution is -2.34. The number of nitrogens with two attached hydrogens (primary N) is 1. The molecule has 6 nitrogen and oxygen atoms in total. The molecule has 13 heavy (non-hydrogen) atoms. The Labute approximate surface area is 73.6 Å². The van der Waals surface area contributed by atoms with E-state index in [2.05, 4.69) is 14.4 Å². The zero-order valence-corrected chi connectivity index (χ0v) is 7.07. The minimum atomic E-state index is -0.830. The molecule has 0 aliphatic heterocycles. The van der Waals surface area contributed by atoms with E-state index in [1.54, 1.807) is 0 Å². The van der Waals surface area contributed by atoms with E-state index in [0.29, 0.717) is 5.56 Å². The smallest absolute Gasteiger partial charge is 0.322 e. The van der Waals surface area contributed by atoms with Gasteiger partial charge in [0.2, 0.25) is 0 Å². The van der Waals surface area contributed by atoms with Crippen LogP contribution in [0.15, 0.2) is 15.6 Å². The normalized spacial score (nSPS) is 12.5. The van der Waals surface area contributed by atoms with Gasteiger partial charge in [-0.2, -0.15) is 5.16 Å². The van der Waals surface area contributed by atoms with Crippen molar-refractivity contribution in [1.82, 2.24) is 5.16 Å². The SMILES string of the molecule is COC(=O)C(N)Cc1co[nH]c1=O. The first kappa shape index (κ1) is 9.53. The Morgan fingerprint density at radius 2 is 2.54 bits per heavy atom. The lowest BCUT2D eigenvalue weighted by atomic mass is 10.1. The van der Waals surface area contributed by atoms with Crippen LogP contribution in [0.4, 0.5) is 0 Å². The van der Waals surface area contributed by atoms with Gasteiger partial charge in [-0.25, -0.2) is 0 Å². The van der Waals surface area contributed by atoms with Gasteiger partial charge in [0.15, 0.2) is 0 Å². The van der Waals surface area contributed by atoms with Crippen molar-refractivity contribution in [2.75, 3.05) is 7.11 Å². The summed E-state index contributed by atoms with van der Waals surface area (Å²) in [6.07, 6.45) is 1.34. The van der Waals surface area contributed by atoms with Crippen molar-refractivity contribution >= 4 is 5.97 Å². The van der Waals surface area contributed by atoms with Crippen LogP contribution in [0.5, 0.6) is 0 Å². The van der Waals surface area contributed by atoms with Crippen LogP contribution in [0.25, 0.3) is 0 Å². The Kier molecular flexibility index (Phi) is 2.86. The number of aromatic amines is 1. The highest BCUT2D eigenvalue weighted by Crippen LogP contribution is 1.96. The fraction of sp³-hybridized carbons (Fsp3) is 0.429. The van der Waals surface area contributed by atoms with E-state index in [4.69, 9.17) is 5.73 Å². The van der Waals surface area contributed by atoms with Gasteiger partial charge < -0.3 is 15.0 Å². The van der Waals surface area contributed by atoms with Gasteiger partial charge >= 0.3 is 5.97 Å². The number of aromatic nitrogens is 1. The third-order valence-corrected chi connectivity index (χ3v) is 1.59. The van der Waals surface area contributed by atoms with Crippen molar-refractivity contribution in [3.8, 4) is 0 Å². The molecule has 0 saturated carbocycles. The molecule has 1 rings (SSSR count). The summed E-state index contributed by atoms with van der Waals surface area (Å²) in [6, 6.07) is -0.830. The van der Waals surface area contributed by atoms with Crippen LogP contribution in [0.1, 0.15) is 5.56 Å². The van der Waals surface area contributed by atoms with E-state index in [-0.39, 0.29) is 12.0 Å². The number of carbonyl (C=O) groups excluding carboxylic acids is 1. The maximum Gasteiger partial charge on any atom is 0.322 e. The molecule has 0 amide bonds. The lowest BCUT2D eigenvalue weighted by Gasteiger charge is -2.05. The third kappa shape index (κ3) is 2.19. The van der Waals surface area contributed by atoms with Crippen LogP contribution in [0.2, 0.25) is 0 Å². The topological polar surface area (TPSA) is 98.3 Å². The maximum atomic E-state index is 10.9. The highest BCUT2D eigenvalue weighted by Gasteiger charge is 2.16. The van der Waals surface area contributed by atoms with E-state index >= 15 is 0 Å². The summed E-state index contributed by atoms with van der Waals surface area (Å²) >= 11 is 0. The molecule has 1 atom stereocenters. The second-order valence-corrected chi connectivity index (χ2v) is 2.53. The predicted molar refractivity (Wildman–Crippen MR) is 43.0 cm³/mol. The first-order chi connectivity index (χ1) is 6.15. The number of rotatable bonds is 3. The first-order valence-corrected chi connectivity index (χ1v) is 3.63. The lowest BCUT2D eigenvalue weighted by molar-refractivity contribution is -0.142. The summed E-state index contributed by atoms with van der Waals surface area (Å²) in [6.45, 7) is 0. The third-order valence-electron chi connectivity index (χ3n) is 1.59. The highest BCUT2D eigenvalue weighted by molar-refractivity contribution is 5.75. The molecular weight excluding hydrogens is 176 g/mol. The minimum absolute atomic E-state index is 0.110. The van der Waals surface area contributed by atoms with Gasteiger partial charge in [-0.1, -0.05) is 0 Å². The summed E-state index contributed by atoms with van der Waals surface area (Å²) in [5.41, 5.74) is 5.37. The Balaban J connectivity index is 2.65. The van der Waals surface area contributed by atoms with E-state index in [1.807, 2.05) is 0 Å². The summed E-state index contributed by atoms with van der Waals surface area (Å²) in [4.78, 5) is 21.8. The number of methoxy groups -OCH3 is 1. The molecule has 0 fully saturated rings. The quantitative estimate of drug-likeness (QED) is 0.590. The molecule has 6 heteroatoms. The molecule has 72 valence electrons. The number of hydrogen-bond acceptors (Lipinski definition) is 5. The van der Waals surface area contributed by atoms with Crippen molar-refractivity contribution in [2.45, 2.75) is 12.5 Å². The zero-order chi connectivity index (χ0) is 9.84. The number of H-pyrrole nitrogens is 1. The Morgan fingerprint density at radius 3 is 3.00 bits per heavy atom. The van der Waals surface area contributed by atoms with Gasteiger partial charge in [0.1, 0.15) is 12.3 Å². The van der Waals surface area contributed by atoms with Crippen LogP contribution < -0.4 is 11.3 Å². The molecule has 1 aromatic rings. The summed E-state index contributed by atoms with van der Waals surface area (Å²) in [5.74, 6) is -0.555. The zero-order valence-electron chi connectivity index (χ0n) is 7.07. The van der Waals surface area contributed by atoms with Crippen molar-refractivity contribution in [3.63, 3.8) is 0 Å². The first-order valence-electron chi connectivity index (χ1n) is 3.63. The van der Waals surface area contributed by atoms with Gasteiger partial charge in [0.05, 0.1) is 12.7 Å². The minimum Gasteiger partial charge on any atom is -0.468 e. The standard InChI is InChI=1S/C7H10N2O4/c1-12-7(11)5(8)2-4-3-13-9-6(4)10/h3,5H,2,8H2,1H3,(H,9,10). The molecule has 0 radical (unpaired) electrons. The van der Waals surface area contributed by atoms with Crippen LogP contribution in [-0.2, 0) is 16.0 Å². The van der Waals surface area contributed by atoms with Crippen molar-refractivity contribution in [3.05, 3.63) is 22.2 Å². The highest BCUT2D eigenvalue weighted by atomic mass is 16.5. The molecule has 3 N–H and O–H groups in total. The molecular formula is C7H10N2O4. The molecule has 1 aromatic heterocycles. The fourth-order valence-corrected chi connectivity index (χ4v) is 0.886. The summed E-state index contributed by atoms with van der Waals surface area (Å²) in [7, 11) is 1.24. The largest absolute Gasteiger partial charge is 0.468 e. The maximum absolute atomic E-state index is 10.9. The van der Waals surface area contributed by atoms with Crippen molar-refractivity contribution in [2.24, 2.45) is 5.73 Å². The molecule has 0 aromatic carbocycles. The monoisotopic (exact) mass is 186 g/mol. The average Bonchev–Trinajstić information content (AvgIpc) is 2.50. The second-order valence-electron chi connectivity index (χ2n) is 2.53. The molecule has 0 bridgehead atoms. The van der Waals surface area contributed by atoms with Gasteiger partial charge in [-0.15, -0.1) is 0 Å². The van der Waals surface area contributed by atoms with E-state index in [1.165, 1.54) is 13.4 Å². The Hall–Kier alpha value is -1.56. The number of ether oxygens (including phenoxy) is 1. The molecule has 0 saturated heterocycles. The number of carbonyl (C=O) groups is 1. The summed E-state index contributed by atoms with van der Waals surface area (Å²) < 4.78 is 8.91. The average molecular weight is 186 g/mol. The number of nitrogens with one attached hydrogen (secondary N) is 1. The van der Waals surface area contributed by atoms with Gasteiger partial charge in [0, 0.05) is 6.42 Å². The van der Waals surface area contributed by atoms with Crippen LogP contribution >= 0.6 is 0 Å². The van der Waals surface area contributed by atoms with Crippen molar-refractivity contribution in [1.29, 1.82) is 0 Å². The van der Waals surface area contributed by atoms with Crippen LogP contribution in [0.3, 0.4) is 0 Å². The van der Waals surface area contributed by atoms with Gasteiger partial charge in [-0.3, -0.25) is 9.59 Å². The van der Waals surface area contributed by atoms with E-state index in [0.717, 1.165) is 0 Å². The van der Waals surface area contributed by atoms with E-state index in [9.17, 15) is 9.59 Å². The number of esters is 1. The Morgan fingerprint density at radius 1 is 1.85 bits per heavy atom. The molecule has 0 spiro atoms. The van der Waals surface area contributed by atoms with Crippen LogP contribution in [-0.4, -0.2) is 24.3 Å². The second kappa shape index (κ2) is 3.90. The van der Waals surface area contributed by atoms with Gasteiger partial charge in [0.25, 0.3) is 5.56 Å². The molecule has 0 aliphatic rings. The Bertz CT molecular complexity index is 340. The number of hydrogen-bond donors (Lipinski definition) is 2. The van der Waals surface area contributed by atoms with Gasteiger partial charge in [-0.05, 0) is 0 Å². The summed E-state index contributed by atoms with van der Waals surface area (Å²) in [5, 5.41) is 2.09. The molecule has 1 unspecified atom stereocenters. The van der Waals surface area contributed by atoms with E-state index < -0.39 is 12.0 Å².